The van der Waals surface area contributed by atoms with Crippen molar-refractivity contribution in [1.29, 1.82) is 0 Å². The second kappa shape index (κ2) is 6.76. The zero-order valence-corrected chi connectivity index (χ0v) is 14.0. The summed E-state index contributed by atoms with van der Waals surface area (Å²) in [4.78, 5) is 14.3. The predicted octanol–water partition coefficient (Wildman–Crippen LogP) is 4.04. The second-order valence-corrected chi connectivity index (χ2v) is 5.79. The van der Waals surface area contributed by atoms with Crippen LogP contribution in [-0.2, 0) is 6.54 Å². The molecule has 2 aromatic rings. The number of carbonyl (C=O) groups excluding carboxylic acids is 1. The normalized spacial score (nSPS) is 10.3. The maximum absolute atomic E-state index is 12.6. The molecule has 0 heterocycles. The molecule has 110 valence electrons. The van der Waals surface area contributed by atoms with E-state index in [9.17, 15) is 4.79 Å². The van der Waals surface area contributed by atoms with Crippen molar-refractivity contribution in [3.63, 3.8) is 0 Å². The third-order valence-electron chi connectivity index (χ3n) is 3.42. The van der Waals surface area contributed by atoms with Crippen molar-refractivity contribution < 1.29 is 9.53 Å². The number of methoxy groups -OCH3 is 1. The minimum absolute atomic E-state index is 0.0379. The van der Waals surface area contributed by atoms with Crippen molar-refractivity contribution in [2.75, 3.05) is 14.2 Å². The van der Waals surface area contributed by atoms with E-state index >= 15 is 0 Å². The Labute approximate surface area is 133 Å². The minimum Gasteiger partial charge on any atom is -0.497 e. The number of rotatable bonds is 4. The molecule has 0 aliphatic heterocycles. The zero-order valence-electron chi connectivity index (χ0n) is 12.4. The lowest BCUT2D eigenvalue weighted by atomic mass is 10.1. The molecule has 2 rings (SSSR count). The summed E-state index contributed by atoms with van der Waals surface area (Å²) in [5.41, 5.74) is 2.93. The first kappa shape index (κ1) is 15.6. The number of halogens is 1. The average molecular weight is 348 g/mol. The smallest absolute Gasteiger partial charge is 0.255 e. The Morgan fingerprint density at radius 1 is 1.24 bits per heavy atom. The van der Waals surface area contributed by atoms with E-state index in [1.54, 1.807) is 25.1 Å². The molecule has 4 heteroatoms. The molecule has 0 N–H and O–H groups in total. The molecule has 2 aromatic carbocycles. The molecule has 0 spiro atoms. The van der Waals surface area contributed by atoms with Gasteiger partial charge in [-0.3, -0.25) is 4.79 Å². The highest BCUT2D eigenvalue weighted by atomic mass is 79.9. The van der Waals surface area contributed by atoms with Gasteiger partial charge in [-0.25, -0.2) is 0 Å². The molecule has 0 aliphatic carbocycles. The van der Waals surface area contributed by atoms with E-state index in [-0.39, 0.29) is 5.91 Å². The Morgan fingerprint density at radius 3 is 2.62 bits per heavy atom. The molecule has 0 bridgehead atoms. The van der Waals surface area contributed by atoms with Gasteiger partial charge in [0.05, 0.1) is 12.7 Å². The topological polar surface area (TPSA) is 29.5 Å². The van der Waals surface area contributed by atoms with Crippen molar-refractivity contribution in [3.8, 4) is 5.75 Å². The van der Waals surface area contributed by atoms with Gasteiger partial charge in [0, 0.05) is 18.1 Å². The van der Waals surface area contributed by atoms with E-state index in [0.29, 0.717) is 17.9 Å². The summed E-state index contributed by atoms with van der Waals surface area (Å²) in [5.74, 6) is 0.634. The molecular formula is C17H18BrNO2. The lowest BCUT2D eigenvalue weighted by Gasteiger charge is -2.19. The maximum atomic E-state index is 12.6. The van der Waals surface area contributed by atoms with Crippen LogP contribution in [0.5, 0.6) is 5.75 Å². The number of ether oxygens (including phenoxy) is 1. The summed E-state index contributed by atoms with van der Waals surface area (Å²) in [6.07, 6.45) is 0. The van der Waals surface area contributed by atoms with Gasteiger partial charge in [0.25, 0.3) is 5.91 Å². The molecular weight excluding hydrogens is 330 g/mol. The largest absolute Gasteiger partial charge is 0.497 e. The van der Waals surface area contributed by atoms with E-state index in [1.807, 2.05) is 30.3 Å². The van der Waals surface area contributed by atoms with Gasteiger partial charge in [-0.2, -0.15) is 0 Å². The molecule has 3 nitrogen and oxygen atoms in total. The lowest BCUT2D eigenvalue weighted by Crippen LogP contribution is -2.26. The van der Waals surface area contributed by atoms with Crippen LogP contribution in [0, 0.1) is 6.92 Å². The average Bonchev–Trinajstić information content (AvgIpc) is 2.49. The monoisotopic (exact) mass is 347 g/mol. The van der Waals surface area contributed by atoms with Crippen LogP contribution in [0.3, 0.4) is 0 Å². The van der Waals surface area contributed by atoms with Gasteiger partial charge in [-0.15, -0.1) is 0 Å². The third-order valence-corrected chi connectivity index (χ3v) is 4.11. The minimum atomic E-state index is -0.0379. The fourth-order valence-corrected chi connectivity index (χ4v) is 2.53. The molecule has 0 radical (unpaired) electrons. The van der Waals surface area contributed by atoms with Crippen molar-refractivity contribution in [1.82, 2.24) is 4.90 Å². The summed E-state index contributed by atoms with van der Waals surface area (Å²) in [6, 6.07) is 13.5. The van der Waals surface area contributed by atoms with E-state index in [4.69, 9.17) is 4.74 Å². The summed E-state index contributed by atoms with van der Waals surface area (Å²) in [5, 5.41) is 0. The molecule has 0 aromatic heterocycles. The van der Waals surface area contributed by atoms with Crippen LogP contribution in [0.1, 0.15) is 21.5 Å². The molecule has 21 heavy (non-hydrogen) atoms. The van der Waals surface area contributed by atoms with Crippen molar-refractivity contribution in [2.24, 2.45) is 0 Å². The van der Waals surface area contributed by atoms with Crippen LogP contribution in [0.25, 0.3) is 0 Å². The second-order valence-electron chi connectivity index (χ2n) is 4.93. The van der Waals surface area contributed by atoms with Gasteiger partial charge in [0.2, 0.25) is 0 Å². The van der Waals surface area contributed by atoms with Gasteiger partial charge < -0.3 is 9.64 Å². The first-order valence-corrected chi connectivity index (χ1v) is 7.45. The number of aryl methyl sites for hydroxylation is 1. The van der Waals surface area contributed by atoms with Crippen molar-refractivity contribution in [2.45, 2.75) is 13.5 Å². The van der Waals surface area contributed by atoms with Gasteiger partial charge >= 0.3 is 0 Å². The highest BCUT2D eigenvalue weighted by Gasteiger charge is 2.16. The van der Waals surface area contributed by atoms with Crippen LogP contribution in [0.2, 0.25) is 0 Å². The zero-order chi connectivity index (χ0) is 15.4. The summed E-state index contributed by atoms with van der Waals surface area (Å²) >= 11 is 3.43. The predicted molar refractivity (Wildman–Crippen MR) is 87.7 cm³/mol. The standard InChI is InChI=1S/C17H18BrNO2/c1-12-6-4-5-7-13(12)11-19(2)17(20)15-10-14(21-3)8-9-16(15)18/h4-10H,11H2,1-3H3. The highest BCUT2D eigenvalue weighted by molar-refractivity contribution is 9.10. The molecule has 0 fully saturated rings. The van der Waals surface area contributed by atoms with Crippen molar-refractivity contribution >= 4 is 21.8 Å². The van der Waals surface area contributed by atoms with Crippen LogP contribution in [0.15, 0.2) is 46.9 Å². The molecule has 0 aliphatic rings. The lowest BCUT2D eigenvalue weighted by molar-refractivity contribution is 0.0783. The van der Waals surface area contributed by atoms with E-state index in [2.05, 4.69) is 28.9 Å². The fourth-order valence-electron chi connectivity index (χ4n) is 2.12. The van der Waals surface area contributed by atoms with E-state index in [1.165, 1.54) is 5.56 Å². The van der Waals surface area contributed by atoms with Gasteiger partial charge in [-0.1, -0.05) is 24.3 Å². The van der Waals surface area contributed by atoms with Crippen LogP contribution < -0.4 is 4.74 Å². The van der Waals surface area contributed by atoms with E-state index < -0.39 is 0 Å². The Morgan fingerprint density at radius 2 is 1.95 bits per heavy atom. The Kier molecular flexibility index (Phi) is 5.02. The number of carbonyl (C=O) groups is 1. The summed E-state index contributed by atoms with van der Waals surface area (Å²) in [6.45, 7) is 2.63. The fraction of sp³-hybridized carbons (Fsp3) is 0.235. The number of benzene rings is 2. The van der Waals surface area contributed by atoms with Gasteiger partial charge in [0.1, 0.15) is 5.75 Å². The molecule has 1 amide bonds. The molecule has 0 atom stereocenters. The van der Waals surface area contributed by atoms with Crippen molar-refractivity contribution in [3.05, 3.63) is 63.6 Å². The first-order chi connectivity index (χ1) is 10.0. The number of amides is 1. The summed E-state index contributed by atoms with van der Waals surface area (Å²) in [7, 11) is 3.40. The third kappa shape index (κ3) is 3.64. The first-order valence-electron chi connectivity index (χ1n) is 6.66. The molecule has 0 saturated heterocycles. The Bertz CT molecular complexity index is 655. The SMILES string of the molecule is COc1ccc(Br)c(C(=O)N(C)Cc2ccccc2C)c1. The summed E-state index contributed by atoms with van der Waals surface area (Å²) < 4.78 is 5.95. The highest BCUT2D eigenvalue weighted by Crippen LogP contribution is 2.24. The van der Waals surface area contributed by atoms with Gasteiger partial charge in [0.15, 0.2) is 0 Å². The Hall–Kier alpha value is -1.81. The van der Waals surface area contributed by atoms with Crippen LogP contribution >= 0.6 is 15.9 Å². The van der Waals surface area contributed by atoms with Gasteiger partial charge in [-0.05, 0) is 52.2 Å². The number of nitrogens with zero attached hydrogens (tertiary/aromatic N) is 1. The quantitative estimate of drug-likeness (QED) is 0.835. The molecule has 0 unspecified atom stereocenters. The maximum Gasteiger partial charge on any atom is 0.255 e. The van der Waals surface area contributed by atoms with E-state index in [0.717, 1.165) is 10.0 Å². The van der Waals surface area contributed by atoms with Crippen LogP contribution in [0.4, 0.5) is 0 Å². The Balaban J connectivity index is 2.22. The number of hydrogen-bond donors (Lipinski definition) is 0. The molecule has 0 saturated carbocycles. The van der Waals surface area contributed by atoms with Crippen LogP contribution in [-0.4, -0.2) is 25.0 Å². The number of hydrogen-bond acceptors (Lipinski definition) is 2.